The topological polar surface area (TPSA) is 23.6 Å². The SMILES string of the molecule is CC1CC1CN(C)C(=O)N1CCCCC1. The van der Waals surface area contributed by atoms with Crippen LogP contribution in [0.2, 0.25) is 0 Å². The maximum atomic E-state index is 12.0. The van der Waals surface area contributed by atoms with Crippen LogP contribution in [0.25, 0.3) is 0 Å². The van der Waals surface area contributed by atoms with Crippen LogP contribution < -0.4 is 0 Å². The van der Waals surface area contributed by atoms with E-state index in [1.54, 1.807) is 0 Å². The van der Waals surface area contributed by atoms with E-state index in [9.17, 15) is 4.79 Å². The molecule has 0 N–H and O–H groups in total. The Kier molecular flexibility index (Phi) is 3.17. The van der Waals surface area contributed by atoms with Crippen molar-refractivity contribution in [2.45, 2.75) is 32.6 Å². The predicted octanol–water partition coefficient (Wildman–Crippen LogP) is 2.18. The highest BCUT2D eigenvalue weighted by Gasteiger charge is 2.34. The largest absolute Gasteiger partial charge is 0.327 e. The van der Waals surface area contributed by atoms with E-state index in [1.165, 1.54) is 25.7 Å². The van der Waals surface area contributed by atoms with Gasteiger partial charge in [-0.25, -0.2) is 4.79 Å². The monoisotopic (exact) mass is 210 g/mol. The van der Waals surface area contributed by atoms with Gasteiger partial charge in [-0.05, 0) is 37.5 Å². The first-order chi connectivity index (χ1) is 7.18. The number of rotatable bonds is 2. The molecule has 1 heterocycles. The second-order valence-corrected chi connectivity index (χ2v) is 5.18. The van der Waals surface area contributed by atoms with Crippen LogP contribution in [0, 0.1) is 11.8 Å². The van der Waals surface area contributed by atoms with Crippen molar-refractivity contribution in [1.29, 1.82) is 0 Å². The Morgan fingerprint density at radius 1 is 1.33 bits per heavy atom. The van der Waals surface area contributed by atoms with E-state index in [0.29, 0.717) is 0 Å². The molecule has 1 saturated heterocycles. The third kappa shape index (κ3) is 2.64. The maximum Gasteiger partial charge on any atom is 0.319 e. The van der Waals surface area contributed by atoms with E-state index in [1.807, 2.05) is 16.8 Å². The van der Waals surface area contributed by atoms with Gasteiger partial charge >= 0.3 is 6.03 Å². The smallest absolute Gasteiger partial charge is 0.319 e. The number of urea groups is 1. The minimum Gasteiger partial charge on any atom is -0.327 e. The summed E-state index contributed by atoms with van der Waals surface area (Å²) in [5, 5.41) is 0. The fourth-order valence-electron chi connectivity index (χ4n) is 2.41. The molecule has 1 saturated carbocycles. The van der Waals surface area contributed by atoms with Crippen molar-refractivity contribution in [3.05, 3.63) is 0 Å². The number of nitrogens with zero attached hydrogens (tertiary/aromatic N) is 2. The molecule has 3 heteroatoms. The molecule has 3 nitrogen and oxygen atoms in total. The first-order valence-corrected chi connectivity index (χ1v) is 6.18. The summed E-state index contributed by atoms with van der Waals surface area (Å²) in [6.07, 6.45) is 4.95. The Labute approximate surface area is 92.4 Å². The minimum atomic E-state index is 0.244. The molecular weight excluding hydrogens is 188 g/mol. The molecule has 1 aliphatic heterocycles. The summed E-state index contributed by atoms with van der Waals surface area (Å²) >= 11 is 0. The number of amides is 2. The summed E-state index contributed by atoms with van der Waals surface area (Å²) in [5.41, 5.74) is 0. The van der Waals surface area contributed by atoms with Gasteiger partial charge in [-0.3, -0.25) is 0 Å². The van der Waals surface area contributed by atoms with Crippen LogP contribution in [0.5, 0.6) is 0 Å². The van der Waals surface area contributed by atoms with Crippen molar-refractivity contribution in [1.82, 2.24) is 9.80 Å². The molecule has 2 amide bonds. The van der Waals surface area contributed by atoms with Gasteiger partial charge in [0.25, 0.3) is 0 Å². The highest BCUT2D eigenvalue weighted by Crippen LogP contribution is 2.38. The van der Waals surface area contributed by atoms with E-state index in [-0.39, 0.29) is 6.03 Å². The van der Waals surface area contributed by atoms with Crippen molar-refractivity contribution >= 4 is 6.03 Å². The Bertz CT molecular complexity index is 236. The Balaban J connectivity index is 1.78. The van der Waals surface area contributed by atoms with Crippen molar-refractivity contribution in [2.75, 3.05) is 26.7 Å². The molecule has 0 bridgehead atoms. The molecule has 0 aromatic heterocycles. The lowest BCUT2D eigenvalue weighted by atomic mass is 10.1. The highest BCUT2D eigenvalue weighted by molar-refractivity contribution is 5.74. The molecular formula is C12H22N2O. The van der Waals surface area contributed by atoms with Crippen LogP contribution in [0.15, 0.2) is 0 Å². The van der Waals surface area contributed by atoms with Crippen molar-refractivity contribution in [3.63, 3.8) is 0 Å². The molecule has 0 aromatic rings. The second kappa shape index (κ2) is 4.42. The molecule has 2 atom stereocenters. The maximum absolute atomic E-state index is 12.0. The van der Waals surface area contributed by atoms with Gasteiger partial charge in [0.05, 0.1) is 0 Å². The summed E-state index contributed by atoms with van der Waals surface area (Å²) in [4.78, 5) is 15.9. The third-order valence-electron chi connectivity index (χ3n) is 3.74. The zero-order valence-corrected chi connectivity index (χ0v) is 9.91. The lowest BCUT2D eigenvalue weighted by Gasteiger charge is -2.31. The fraction of sp³-hybridized carbons (Fsp3) is 0.917. The lowest BCUT2D eigenvalue weighted by Crippen LogP contribution is -2.44. The Hall–Kier alpha value is -0.730. The van der Waals surface area contributed by atoms with Crippen LogP contribution in [0.1, 0.15) is 32.6 Å². The zero-order chi connectivity index (χ0) is 10.8. The molecule has 86 valence electrons. The quantitative estimate of drug-likeness (QED) is 0.685. The van der Waals surface area contributed by atoms with Gasteiger partial charge in [0.1, 0.15) is 0 Å². The van der Waals surface area contributed by atoms with E-state index in [4.69, 9.17) is 0 Å². The molecule has 2 rings (SSSR count). The number of hydrogen-bond acceptors (Lipinski definition) is 1. The molecule has 1 aliphatic carbocycles. The average Bonchev–Trinajstić information content (AvgIpc) is 2.94. The van der Waals surface area contributed by atoms with Gasteiger partial charge in [0.15, 0.2) is 0 Å². The first-order valence-electron chi connectivity index (χ1n) is 6.18. The Morgan fingerprint density at radius 2 is 1.93 bits per heavy atom. The number of hydrogen-bond donors (Lipinski definition) is 0. The summed E-state index contributed by atoms with van der Waals surface area (Å²) in [5.74, 6) is 1.60. The minimum absolute atomic E-state index is 0.244. The van der Waals surface area contributed by atoms with E-state index in [0.717, 1.165) is 31.5 Å². The summed E-state index contributed by atoms with van der Waals surface area (Å²) < 4.78 is 0. The predicted molar refractivity (Wildman–Crippen MR) is 60.7 cm³/mol. The third-order valence-corrected chi connectivity index (χ3v) is 3.74. The van der Waals surface area contributed by atoms with Crippen molar-refractivity contribution < 1.29 is 4.79 Å². The van der Waals surface area contributed by atoms with Crippen LogP contribution >= 0.6 is 0 Å². The van der Waals surface area contributed by atoms with Crippen molar-refractivity contribution in [3.8, 4) is 0 Å². The zero-order valence-electron chi connectivity index (χ0n) is 9.91. The molecule has 0 spiro atoms. The molecule has 0 aromatic carbocycles. The number of carbonyl (C=O) groups is 1. The average molecular weight is 210 g/mol. The number of carbonyl (C=O) groups excluding carboxylic acids is 1. The van der Waals surface area contributed by atoms with Gasteiger partial charge in [-0.15, -0.1) is 0 Å². The van der Waals surface area contributed by atoms with Crippen LogP contribution in [0.3, 0.4) is 0 Å². The molecule has 15 heavy (non-hydrogen) atoms. The van der Waals surface area contributed by atoms with E-state index >= 15 is 0 Å². The van der Waals surface area contributed by atoms with E-state index in [2.05, 4.69) is 6.92 Å². The molecule has 2 aliphatic rings. The number of likely N-dealkylation sites (tertiary alicyclic amines) is 1. The summed E-state index contributed by atoms with van der Waals surface area (Å²) in [6.45, 7) is 5.15. The molecule has 0 radical (unpaired) electrons. The standard InChI is InChI=1S/C12H22N2O/c1-10-8-11(10)9-13(2)12(15)14-6-4-3-5-7-14/h10-11H,3-9H2,1-2H3. The van der Waals surface area contributed by atoms with Gasteiger partial charge in [0.2, 0.25) is 0 Å². The normalized spacial score (nSPS) is 30.1. The molecule has 2 unspecified atom stereocenters. The summed E-state index contributed by atoms with van der Waals surface area (Å²) in [6, 6.07) is 0.244. The van der Waals surface area contributed by atoms with Crippen molar-refractivity contribution in [2.24, 2.45) is 11.8 Å². The molecule has 2 fully saturated rings. The lowest BCUT2D eigenvalue weighted by molar-refractivity contribution is 0.151. The Morgan fingerprint density at radius 3 is 2.47 bits per heavy atom. The van der Waals surface area contributed by atoms with Gasteiger partial charge in [0, 0.05) is 26.7 Å². The van der Waals surface area contributed by atoms with Gasteiger partial charge < -0.3 is 9.80 Å². The van der Waals surface area contributed by atoms with Gasteiger partial charge in [-0.2, -0.15) is 0 Å². The van der Waals surface area contributed by atoms with Crippen LogP contribution in [0.4, 0.5) is 4.79 Å². The highest BCUT2D eigenvalue weighted by atomic mass is 16.2. The van der Waals surface area contributed by atoms with Crippen LogP contribution in [-0.4, -0.2) is 42.5 Å². The fourth-order valence-corrected chi connectivity index (χ4v) is 2.41. The first kappa shape index (κ1) is 10.8. The summed E-state index contributed by atoms with van der Waals surface area (Å²) in [7, 11) is 1.95. The van der Waals surface area contributed by atoms with Crippen LogP contribution in [-0.2, 0) is 0 Å². The van der Waals surface area contributed by atoms with E-state index < -0.39 is 0 Å². The number of piperidine rings is 1. The second-order valence-electron chi connectivity index (χ2n) is 5.18. The van der Waals surface area contributed by atoms with Gasteiger partial charge in [-0.1, -0.05) is 6.92 Å².